The van der Waals surface area contributed by atoms with Crippen LogP contribution in [0.1, 0.15) is 73.0 Å². The van der Waals surface area contributed by atoms with Gasteiger partial charge in [0.05, 0.1) is 11.7 Å². The van der Waals surface area contributed by atoms with Crippen molar-refractivity contribution in [2.75, 3.05) is 26.2 Å². The maximum Gasteiger partial charge on any atom is 0.326 e. The second kappa shape index (κ2) is 11.7. The number of aliphatic carboxylic acids is 1. The van der Waals surface area contributed by atoms with Gasteiger partial charge in [0.25, 0.3) is 5.91 Å². The fourth-order valence-corrected chi connectivity index (χ4v) is 6.51. The SMILES string of the molecule is CC1[C@H](O)CN(C(=O)c2cc(C3CC3)c(OCC3(F)CCN([C@@H](C)c4cc(Cl)cc(Cl)c4)CC3)cc2F)[C@@H]1C(=O)O. The lowest BCUT2D eigenvalue weighted by Gasteiger charge is -2.39. The zero-order valence-corrected chi connectivity index (χ0v) is 24.5. The number of amides is 1. The third-order valence-corrected chi connectivity index (χ3v) is 9.22. The van der Waals surface area contributed by atoms with Crippen LogP contribution < -0.4 is 4.74 Å². The number of hydrogen-bond acceptors (Lipinski definition) is 5. The molecule has 2 aromatic rings. The molecule has 1 aliphatic carbocycles. The van der Waals surface area contributed by atoms with Gasteiger partial charge < -0.3 is 19.8 Å². The Bertz CT molecular complexity index is 1310. The van der Waals surface area contributed by atoms with Gasteiger partial charge in [0.2, 0.25) is 0 Å². The molecule has 11 heteroatoms. The van der Waals surface area contributed by atoms with Gasteiger partial charge in [-0.25, -0.2) is 13.6 Å². The van der Waals surface area contributed by atoms with Crippen LogP contribution in [0.4, 0.5) is 8.78 Å². The molecule has 222 valence electrons. The number of carbonyl (C=O) groups is 2. The summed E-state index contributed by atoms with van der Waals surface area (Å²) in [5.41, 5.74) is -0.311. The Labute approximate surface area is 248 Å². The number of alkyl halides is 1. The first-order valence-corrected chi connectivity index (χ1v) is 14.7. The van der Waals surface area contributed by atoms with Gasteiger partial charge in [-0.15, -0.1) is 0 Å². The topological polar surface area (TPSA) is 90.3 Å². The molecule has 0 bridgehead atoms. The third-order valence-electron chi connectivity index (χ3n) is 8.78. The van der Waals surface area contributed by atoms with Crippen molar-refractivity contribution in [3.63, 3.8) is 0 Å². The first-order chi connectivity index (χ1) is 19.4. The highest BCUT2D eigenvalue weighted by atomic mass is 35.5. The number of ether oxygens (including phenoxy) is 1. The monoisotopic (exact) mass is 610 g/mol. The lowest BCUT2D eigenvalue weighted by Crippen LogP contribution is -2.45. The summed E-state index contributed by atoms with van der Waals surface area (Å²) >= 11 is 12.3. The number of hydrogen-bond donors (Lipinski definition) is 2. The van der Waals surface area contributed by atoms with Crippen LogP contribution in [0.2, 0.25) is 10.0 Å². The summed E-state index contributed by atoms with van der Waals surface area (Å²) in [5, 5.41) is 20.9. The van der Waals surface area contributed by atoms with E-state index in [4.69, 9.17) is 27.9 Å². The number of likely N-dealkylation sites (tertiary alicyclic amines) is 2. The van der Waals surface area contributed by atoms with Crippen LogP contribution >= 0.6 is 23.2 Å². The molecule has 3 fully saturated rings. The van der Waals surface area contributed by atoms with Crippen LogP contribution in [0.15, 0.2) is 30.3 Å². The third kappa shape index (κ3) is 6.33. The minimum atomic E-state index is -1.61. The molecule has 2 aromatic carbocycles. The molecule has 0 spiro atoms. The van der Waals surface area contributed by atoms with E-state index in [-0.39, 0.29) is 49.3 Å². The van der Waals surface area contributed by atoms with Crippen LogP contribution in [-0.2, 0) is 4.79 Å². The number of carboxylic acids is 1. The first kappa shape index (κ1) is 30.0. The highest BCUT2D eigenvalue weighted by Crippen LogP contribution is 2.46. The van der Waals surface area contributed by atoms with Gasteiger partial charge in [0.15, 0.2) is 0 Å². The van der Waals surface area contributed by atoms with Gasteiger partial charge >= 0.3 is 5.97 Å². The van der Waals surface area contributed by atoms with Crippen molar-refractivity contribution < 1.29 is 33.3 Å². The van der Waals surface area contributed by atoms with E-state index >= 15 is 8.78 Å². The lowest BCUT2D eigenvalue weighted by molar-refractivity contribution is -0.142. The maximum absolute atomic E-state index is 15.9. The van der Waals surface area contributed by atoms with Crippen molar-refractivity contribution in [2.24, 2.45) is 5.92 Å². The van der Waals surface area contributed by atoms with Gasteiger partial charge in [-0.3, -0.25) is 9.69 Å². The molecule has 2 saturated heterocycles. The zero-order valence-electron chi connectivity index (χ0n) is 23.0. The van der Waals surface area contributed by atoms with Crippen LogP contribution in [0.5, 0.6) is 5.75 Å². The highest BCUT2D eigenvalue weighted by Gasteiger charge is 2.46. The van der Waals surface area contributed by atoms with Crippen molar-refractivity contribution >= 4 is 35.1 Å². The van der Waals surface area contributed by atoms with E-state index in [0.29, 0.717) is 28.7 Å². The summed E-state index contributed by atoms with van der Waals surface area (Å²) in [6.07, 6.45) is 1.10. The van der Waals surface area contributed by atoms with Crippen LogP contribution in [0.3, 0.4) is 0 Å². The van der Waals surface area contributed by atoms with Crippen molar-refractivity contribution in [3.8, 4) is 5.75 Å². The fourth-order valence-electron chi connectivity index (χ4n) is 5.96. The number of benzene rings is 2. The molecule has 4 atom stereocenters. The van der Waals surface area contributed by atoms with E-state index in [0.717, 1.165) is 29.4 Å². The van der Waals surface area contributed by atoms with Crippen LogP contribution in [0.25, 0.3) is 0 Å². The molecule has 0 aromatic heterocycles. The summed E-state index contributed by atoms with van der Waals surface area (Å²) < 4.78 is 37.1. The summed E-state index contributed by atoms with van der Waals surface area (Å²) in [6.45, 7) is 4.11. The molecule has 1 amide bonds. The number of aliphatic hydroxyl groups is 1. The molecular formula is C30H34Cl2F2N2O5. The second-order valence-corrected chi connectivity index (χ2v) is 12.5. The Morgan fingerprint density at radius 1 is 1.12 bits per heavy atom. The molecule has 41 heavy (non-hydrogen) atoms. The molecule has 0 radical (unpaired) electrons. The second-order valence-electron chi connectivity index (χ2n) is 11.7. The Hall–Kier alpha value is -2.46. The van der Waals surface area contributed by atoms with E-state index in [9.17, 15) is 19.8 Å². The largest absolute Gasteiger partial charge is 0.490 e. The predicted molar refractivity (Wildman–Crippen MR) is 151 cm³/mol. The van der Waals surface area contributed by atoms with Crippen molar-refractivity contribution in [2.45, 2.75) is 69.3 Å². The van der Waals surface area contributed by atoms with Gasteiger partial charge in [-0.05, 0) is 73.9 Å². The van der Waals surface area contributed by atoms with E-state index in [2.05, 4.69) is 4.90 Å². The standard InChI is InChI=1S/C30H34Cl2F2N2O5/c1-16-25(37)14-36(27(16)29(39)40)28(38)23-12-22(18-3-4-18)26(13-24(23)33)41-15-30(34)5-7-35(8-6-30)17(2)19-9-20(31)11-21(32)10-19/h9-13,16-18,25,27,37H,3-8,14-15H2,1-2H3,(H,39,40)/t16?,17-,25+,27-/m0/s1. The predicted octanol–water partition coefficient (Wildman–Crippen LogP) is 5.86. The van der Waals surface area contributed by atoms with Gasteiger partial charge in [-0.1, -0.05) is 30.1 Å². The Morgan fingerprint density at radius 2 is 1.76 bits per heavy atom. The van der Waals surface area contributed by atoms with Crippen molar-refractivity contribution in [1.82, 2.24) is 9.80 Å². The van der Waals surface area contributed by atoms with Crippen molar-refractivity contribution in [1.29, 1.82) is 0 Å². The molecule has 1 unspecified atom stereocenters. The summed E-state index contributed by atoms with van der Waals surface area (Å²) in [5.74, 6) is -3.36. The molecule has 5 rings (SSSR count). The molecule has 2 heterocycles. The average molecular weight is 612 g/mol. The highest BCUT2D eigenvalue weighted by molar-refractivity contribution is 6.34. The minimum Gasteiger partial charge on any atom is -0.490 e. The number of carboxylic acid groups (broad SMARTS) is 1. The van der Waals surface area contributed by atoms with E-state index in [1.54, 1.807) is 13.0 Å². The van der Waals surface area contributed by atoms with Gasteiger partial charge in [-0.2, -0.15) is 0 Å². The van der Waals surface area contributed by atoms with E-state index < -0.39 is 41.4 Å². The molecule has 3 aliphatic rings. The number of β-amino-alcohol motifs (C(OH)–C–C–N with tert-alkyl or cyclic N) is 1. The molecular weight excluding hydrogens is 577 g/mol. The molecule has 7 nitrogen and oxygen atoms in total. The van der Waals surface area contributed by atoms with E-state index in [1.807, 2.05) is 19.1 Å². The number of nitrogens with zero attached hydrogens (tertiary/aromatic N) is 2. The quantitative estimate of drug-likeness (QED) is 0.389. The zero-order chi connectivity index (χ0) is 29.6. The van der Waals surface area contributed by atoms with Gasteiger partial charge in [0, 0.05) is 47.7 Å². The Morgan fingerprint density at radius 3 is 2.34 bits per heavy atom. The molecule has 2 N–H and O–H groups in total. The normalized spacial score (nSPS) is 25.2. The summed E-state index contributed by atoms with van der Waals surface area (Å²) in [7, 11) is 0. The minimum absolute atomic E-state index is 0.00209. The van der Waals surface area contributed by atoms with Crippen LogP contribution in [0, 0.1) is 11.7 Å². The number of halogens is 4. The van der Waals surface area contributed by atoms with E-state index in [1.165, 1.54) is 6.07 Å². The molecule has 1 saturated carbocycles. The lowest BCUT2D eigenvalue weighted by atomic mass is 9.92. The Kier molecular flexibility index (Phi) is 8.54. The molecule has 2 aliphatic heterocycles. The number of aliphatic hydroxyl groups excluding tert-OH is 1. The number of rotatable bonds is 8. The summed E-state index contributed by atoms with van der Waals surface area (Å²) in [6, 6.07) is 6.64. The van der Waals surface area contributed by atoms with Gasteiger partial charge in [0.1, 0.15) is 29.9 Å². The van der Waals surface area contributed by atoms with Crippen LogP contribution in [-0.4, -0.2) is 75.9 Å². The Balaban J connectivity index is 1.27. The summed E-state index contributed by atoms with van der Waals surface area (Å²) in [4.78, 5) is 28.2. The smallest absolute Gasteiger partial charge is 0.326 e. The first-order valence-electron chi connectivity index (χ1n) is 13.9. The van der Waals surface area contributed by atoms with Crippen molar-refractivity contribution in [3.05, 3.63) is 62.9 Å². The number of piperidine rings is 1. The fraction of sp³-hybridized carbons (Fsp3) is 0.533. The average Bonchev–Trinajstić information content (AvgIpc) is 3.71. The maximum atomic E-state index is 15.9. The number of carbonyl (C=O) groups excluding carboxylic acids is 1.